The molecule has 2 atom stereocenters. The largest absolute Gasteiger partial charge is 0.490 e. The molecule has 0 saturated carbocycles. The maximum Gasteiger partial charge on any atom is 0.127 e. The Kier molecular flexibility index (Phi) is 3.20. The summed E-state index contributed by atoms with van der Waals surface area (Å²) >= 11 is 0. The molecule has 0 aromatic heterocycles. The van der Waals surface area contributed by atoms with Crippen LogP contribution in [0.3, 0.4) is 0 Å². The molecule has 0 N–H and O–H groups in total. The molecule has 2 heterocycles. The fourth-order valence-electron chi connectivity index (χ4n) is 2.40. The summed E-state index contributed by atoms with van der Waals surface area (Å²) in [5, 5.41) is 2.17. The number of ether oxygens (including phenoxy) is 4. The van der Waals surface area contributed by atoms with E-state index in [4.69, 9.17) is 18.9 Å². The molecule has 0 radical (unpaired) electrons. The third kappa shape index (κ3) is 2.96. The number of rotatable bonds is 6. The third-order valence-electron chi connectivity index (χ3n) is 3.72. The molecule has 0 aliphatic carbocycles. The number of epoxide rings is 2. The standard InChI is InChI=1S/C17H18O4/c1-11-5-15-14(17(6-11)21-10-13-8-19-13)3-2-4-16(15)20-9-12-7-18-12/h2-6,12-13H,7-10H2,1H3. The molecule has 110 valence electrons. The average molecular weight is 286 g/mol. The topological polar surface area (TPSA) is 43.5 Å². The van der Waals surface area contributed by atoms with Gasteiger partial charge in [-0.25, -0.2) is 0 Å². The molecular formula is C17H18O4. The van der Waals surface area contributed by atoms with Crippen LogP contribution in [-0.4, -0.2) is 38.6 Å². The summed E-state index contributed by atoms with van der Waals surface area (Å²) in [6.45, 7) is 4.90. The van der Waals surface area contributed by atoms with Crippen LogP contribution in [0.1, 0.15) is 5.56 Å². The van der Waals surface area contributed by atoms with E-state index >= 15 is 0 Å². The van der Waals surface area contributed by atoms with Crippen molar-refractivity contribution < 1.29 is 18.9 Å². The zero-order valence-corrected chi connectivity index (χ0v) is 12.0. The van der Waals surface area contributed by atoms with Crippen molar-refractivity contribution in [1.29, 1.82) is 0 Å². The lowest BCUT2D eigenvalue weighted by molar-refractivity contribution is 0.263. The summed E-state index contributed by atoms with van der Waals surface area (Å²) in [6.07, 6.45) is 0.514. The second kappa shape index (κ2) is 5.20. The molecule has 21 heavy (non-hydrogen) atoms. The quantitative estimate of drug-likeness (QED) is 0.766. The first-order chi connectivity index (χ1) is 10.3. The molecular weight excluding hydrogens is 268 g/mol. The highest BCUT2D eigenvalue weighted by Crippen LogP contribution is 2.34. The molecule has 0 spiro atoms. The number of hydrogen-bond acceptors (Lipinski definition) is 4. The van der Waals surface area contributed by atoms with Crippen LogP contribution in [0, 0.1) is 6.92 Å². The van der Waals surface area contributed by atoms with E-state index in [1.54, 1.807) is 0 Å². The second-order valence-electron chi connectivity index (χ2n) is 5.65. The van der Waals surface area contributed by atoms with E-state index in [1.807, 2.05) is 12.1 Å². The van der Waals surface area contributed by atoms with Gasteiger partial charge in [-0.1, -0.05) is 12.1 Å². The molecule has 2 aromatic carbocycles. The molecule has 0 amide bonds. The summed E-state index contributed by atoms with van der Waals surface area (Å²) in [4.78, 5) is 0. The minimum Gasteiger partial charge on any atom is -0.490 e. The molecule has 4 nitrogen and oxygen atoms in total. The summed E-state index contributed by atoms with van der Waals surface area (Å²) in [5.74, 6) is 1.79. The van der Waals surface area contributed by atoms with Gasteiger partial charge >= 0.3 is 0 Å². The normalized spacial score (nSPS) is 23.1. The predicted octanol–water partition coefficient (Wildman–Crippen LogP) is 2.70. The summed E-state index contributed by atoms with van der Waals surface area (Å²) in [5.41, 5.74) is 1.16. The Balaban J connectivity index is 1.65. The Morgan fingerprint density at radius 1 is 0.952 bits per heavy atom. The maximum absolute atomic E-state index is 5.91. The fourth-order valence-corrected chi connectivity index (χ4v) is 2.40. The predicted molar refractivity (Wildman–Crippen MR) is 79.2 cm³/mol. The van der Waals surface area contributed by atoms with E-state index in [0.29, 0.717) is 13.2 Å². The van der Waals surface area contributed by atoms with Gasteiger partial charge in [0.2, 0.25) is 0 Å². The fraction of sp³-hybridized carbons (Fsp3) is 0.412. The van der Waals surface area contributed by atoms with Crippen molar-refractivity contribution in [3.63, 3.8) is 0 Å². The Morgan fingerprint density at radius 3 is 2.29 bits per heavy atom. The Hall–Kier alpha value is -1.78. The van der Waals surface area contributed by atoms with Crippen LogP contribution in [0.2, 0.25) is 0 Å². The minimum absolute atomic E-state index is 0.256. The molecule has 4 heteroatoms. The van der Waals surface area contributed by atoms with Crippen LogP contribution >= 0.6 is 0 Å². The van der Waals surface area contributed by atoms with E-state index < -0.39 is 0 Å². The zero-order valence-electron chi connectivity index (χ0n) is 12.0. The minimum atomic E-state index is 0.256. The molecule has 2 aliphatic heterocycles. The summed E-state index contributed by atoms with van der Waals surface area (Å²) in [7, 11) is 0. The molecule has 2 unspecified atom stereocenters. The number of hydrogen-bond donors (Lipinski definition) is 0. The lowest BCUT2D eigenvalue weighted by atomic mass is 10.1. The van der Waals surface area contributed by atoms with Gasteiger partial charge in [-0.3, -0.25) is 0 Å². The lowest BCUT2D eigenvalue weighted by Crippen LogP contribution is -2.06. The first kappa shape index (κ1) is 12.9. The van der Waals surface area contributed by atoms with E-state index in [0.717, 1.165) is 41.0 Å². The highest BCUT2D eigenvalue weighted by molar-refractivity contribution is 5.93. The Morgan fingerprint density at radius 2 is 1.62 bits per heavy atom. The van der Waals surface area contributed by atoms with Crippen LogP contribution in [0.15, 0.2) is 30.3 Å². The Bertz CT molecular complexity index is 659. The van der Waals surface area contributed by atoms with Crippen LogP contribution < -0.4 is 9.47 Å². The van der Waals surface area contributed by atoms with E-state index in [-0.39, 0.29) is 12.2 Å². The number of fused-ring (bicyclic) bond motifs is 1. The molecule has 0 bridgehead atoms. The zero-order chi connectivity index (χ0) is 14.2. The van der Waals surface area contributed by atoms with Gasteiger partial charge in [0.1, 0.15) is 36.9 Å². The van der Waals surface area contributed by atoms with Crippen molar-refractivity contribution in [2.75, 3.05) is 26.4 Å². The van der Waals surface area contributed by atoms with Crippen LogP contribution in [0.4, 0.5) is 0 Å². The van der Waals surface area contributed by atoms with Crippen molar-refractivity contribution in [3.05, 3.63) is 35.9 Å². The van der Waals surface area contributed by atoms with Gasteiger partial charge in [0.05, 0.1) is 13.2 Å². The summed E-state index contributed by atoms with van der Waals surface area (Å²) in [6, 6.07) is 10.3. The highest BCUT2D eigenvalue weighted by atomic mass is 16.6. The van der Waals surface area contributed by atoms with E-state index in [1.165, 1.54) is 0 Å². The molecule has 2 fully saturated rings. The van der Waals surface area contributed by atoms with Gasteiger partial charge < -0.3 is 18.9 Å². The second-order valence-corrected chi connectivity index (χ2v) is 5.65. The van der Waals surface area contributed by atoms with Gasteiger partial charge in [-0.05, 0) is 30.7 Å². The van der Waals surface area contributed by atoms with Crippen LogP contribution in [-0.2, 0) is 9.47 Å². The summed E-state index contributed by atoms with van der Waals surface area (Å²) < 4.78 is 22.2. The van der Waals surface area contributed by atoms with Gasteiger partial charge in [0.15, 0.2) is 0 Å². The third-order valence-corrected chi connectivity index (χ3v) is 3.72. The van der Waals surface area contributed by atoms with Crippen molar-refractivity contribution in [2.24, 2.45) is 0 Å². The first-order valence-corrected chi connectivity index (χ1v) is 7.32. The van der Waals surface area contributed by atoms with Crippen LogP contribution in [0.5, 0.6) is 11.5 Å². The van der Waals surface area contributed by atoms with Gasteiger partial charge in [-0.15, -0.1) is 0 Å². The van der Waals surface area contributed by atoms with E-state index in [9.17, 15) is 0 Å². The van der Waals surface area contributed by atoms with Crippen molar-refractivity contribution >= 4 is 10.8 Å². The molecule has 4 rings (SSSR count). The number of aryl methyl sites for hydroxylation is 1. The first-order valence-electron chi connectivity index (χ1n) is 7.32. The smallest absolute Gasteiger partial charge is 0.127 e. The molecule has 2 saturated heterocycles. The molecule has 2 aromatic rings. The Labute approximate surface area is 123 Å². The highest BCUT2D eigenvalue weighted by Gasteiger charge is 2.24. The maximum atomic E-state index is 5.91. The van der Waals surface area contributed by atoms with Gasteiger partial charge in [0, 0.05) is 10.8 Å². The van der Waals surface area contributed by atoms with Crippen molar-refractivity contribution in [1.82, 2.24) is 0 Å². The van der Waals surface area contributed by atoms with Gasteiger partial charge in [-0.2, -0.15) is 0 Å². The van der Waals surface area contributed by atoms with Crippen molar-refractivity contribution in [3.8, 4) is 11.5 Å². The monoisotopic (exact) mass is 286 g/mol. The van der Waals surface area contributed by atoms with Crippen LogP contribution in [0.25, 0.3) is 10.8 Å². The number of benzene rings is 2. The average Bonchev–Trinajstić information content (AvgIpc) is 3.37. The van der Waals surface area contributed by atoms with Crippen molar-refractivity contribution in [2.45, 2.75) is 19.1 Å². The van der Waals surface area contributed by atoms with Gasteiger partial charge in [0.25, 0.3) is 0 Å². The van der Waals surface area contributed by atoms with E-state index in [2.05, 4.69) is 25.1 Å². The molecule has 2 aliphatic rings. The lowest BCUT2D eigenvalue weighted by Gasteiger charge is -2.13. The SMILES string of the molecule is Cc1cc(OCC2CO2)c2cccc(OCC3CO3)c2c1.